The van der Waals surface area contributed by atoms with Gasteiger partial charge in [-0.15, -0.1) is 0 Å². The lowest BCUT2D eigenvalue weighted by Gasteiger charge is -2.08. The highest BCUT2D eigenvalue weighted by atomic mass is 19.4. The van der Waals surface area contributed by atoms with E-state index in [4.69, 9.17) is 42.1 Å². The minimum absolute atomic E-state index is 0.00288. The SMILES string of the molecule is N=C(N)c1ccc(Cc2c[nH]cc2C(=O)NCc2cccc(C(=N)N)c2)cc1.O=C(O)C(F)(F)F.O=C(O)C(F)(F)F. The van der Waals surface area contributed by atoms with E-state index in [-0.39, 0.29) is 17.6 Å². The molecule has 0 atom stereocenters. The van der Waals surface area contributed by atoms with E-state index in [9.17, 15) is 31.1 Å². The van der Waals surface area contributed by atoms with Gasteiger partial charge in [0.2, 0.25) is 0 Å². The molecule has 42 heavy (non-hydrogen) atoms. The van der Waals surface area contributed by atoms with Gasteiger partial charge in [-0.25, -0.2) is 9.59 Å². The molecular weight excluding hydrogens is 578 g/mol. The molecule has 3 rings (SSSR count). The van der Waals surface area contributed by atoms with Gasteiger partial charge in [-0.05, 0) is 29.2 Å². The molecule has 0 aliphatic rings. The van der Waals surface area contributed by atoms with Crippen LogP contribution in [0.3, 0.4) is 0 Å². The number of H-pyrrole nitrogens is 1. The van der Waals surface area contributed by atoms with Crippen LogP contribution >= 0.6 is 0 Å². The number of benzene rings is 2. The summed E-state index contributed by atoms with van der Waals surface area (Å²) in [5.41, 5.74) is 15.6. The molecule has 1 aromatic heterocycles. The number of aromatic nitrogens is 1. The zero-order chi connectivity index (χ0) is 32.3. The average Bonchev–Trinajstić information content (AvgIpc) is 3.35. The first-order valence-electron chi connectivity index (χ1n) is 11.2. The Hall–Kier alpha value is -5.35. The fourth-order valence-corrected chi connectivity index (χ4v) is 2.90. The molecular formula is C25H24F6N6O5. The summed E-state index contributed by atoms with van der Waals surface area (Å²) in [6, 6.07) is 14.6. The van der Waals surface area contributed by atoms with Crippen molar-refractivity contribution >= 4 is 29.5 Å². The van der Waals surface area contributed by atoms with E-state index in [0.717, 1.165) is 16.7 Å². The van der Waals surface area contributed by atoms with Gasteiger partial charge in [-0.2, -0.15) is 26.3 Å². The molecule has 226 valence electrons. The number of aliphatic carboxylic acids is 2. The number of alkyl halides is 6. The smallest absolute Gasteiger partial charge is 0.475 e. The Morgan fingerprint density at radius 1 is 0.786 bits per heavy atom. The van der Waals surface area contributed by atoms with Crippen molar-refractivity contribution in [2.45, 2.75) is 25.3 Å². The van der Waals surface area contributed by atoms with Crippen molar-refractivity contribution in [3.63, 3.8) is 0 Å². The number of amidine groups is 2. The van der Waals surface area contributed by atoms with Crippen molar-refractivity contribution in [2.24, 2.45) is 11.5 Å². The summed E-state index contributed by atoms with van der Waals surface area (Å²) in [7, 11) is 0. The van der Waals surface area contributed by atoms with Gasteiger partial charge in [0.15, 0.2) is 0 Å². The van der Waals surface area contributed by atoms with Gasteiger partial charge in [0.1, 0.15) is 11.7 Å². The van der Waals surface area contributed by atoms with Crippen LogP contribution in [0.25, 0.3) is 0 Å². The second-order valence-electron chi connectivity index (χ2n) is 8.08. The number of carboxylic acid groups (broad SMARTS) is 2. The van der Waals surface area contributed by atoms with E-state index in [1.807, 2.05) is 30.5 Å². The molecule has 1 amide bonds. The van der Waals surface area contributed by atoms with Gasteiger partial charge < -0.3 is 32.0 Å². The van der Waals surface area contributed by atoms with Gasteiger partial charge in [0.25, 0.3) is 5.91 Å². The topological polar surface area (TPSA) is 219 Å². The highest BCUT2D eigenvalue weighted by molar-refractivity contribution is 5.96. The van der Waals surface area contributed by atoms with E-state index in [0.29, 0.717) is 29.7 Å². The number of amides is 1. The molecule has 0 aliphatic heterocycles. The quantitative estimate of drug-likeness (QED) is 0.114. The Kier molecular flexibility index (Phi) is 12.3. The number of rotatable bonds is 7. The van der Waals surface area contributed by atoms with Crippen LogP contribution in [0.15, 0.2) is 60.9 Å². The van der Waals surface area contributed by atoms with Crippen LogP contribution in [0.2, 0.25) is 0 Å². The number of carbonyl (C=O) groups excluding carboxylic acids is 1. The Balaban J connectivity index is 0.000000522. The number of halogens is 6. The lowest BCUT2D eigenvalue weighted by Crippen LogP contribution is -2.23. The van der Waals surface area contributed by atoms with Crippen LogP contribution < -0.4 is 16.8 Å². The summed E-state index contributed by atoms with van der Waals surface area (Å²) in [6.07, 6.45) is -6.09. The molecule has 0 spiro atoms. The number of carboxylic acids is 2. The Morgan fingerprint density at radius 3 is 1.74 bits per heavy atom. The fraction of sp³-hybridized carbons (Fsp3) is 0.160. The Labute approximate surface area is 233 Å². The average molecular weight is 602 g/mol. The number of nitrogen functional groups attached to an aromatic ring is 2. The van der Waals surface area contributed by atoms with E-state index in [2.05, 4.69) is 10.3 Å². The molecule has 0 fully saturated rings. The maximum absolute atomic E-state index is 12.6. The Bertz CT molecular complexity index is 1390. The Morgan fingerprint density at radius 2 is 1.29 bits per heavy atom. The van der Waals surface area contributed by atoms with Crippen LogP contribution in [-0.4, -0.2) is 57.1 Å². The normalized spacial score (nSPS) is 10.7. The summed E-state index contributed by atoms with van der Waals surface area (Å²) in [5.74, 6) is -5.66. The predicted octanol–water partition coefficient (Wildman–Crippen LogP) is 3.37. The molecule has 0 unspecified atom stereocenters. The van der Waals surface area contributed by atoms with Crippen molar-refractivity contribution in [2.75, 3.05) is 0 Å². The second kappa shape index (κ2) is 14.9. The van der Waals surface area contributed by atoms with Crippen molar-refractivity contribution in [3.8, 4) is 0 Å². The van der Waals surface area contributed by atoms with Crippen molar-refractivity contribution in [1.29, 1.82) is 10.8 Å². The van der Waals surface area contributed by atoms with E-state index in [1.54, 1.807) is 30.5 Å². The molecule has 11 nitrogen and oxygen atoms in total. The van der Waals surface area contributed by atoms with Gasteiger partial charge in [0.05, 0.1) is 5.56 Å². The lowest BCUT2D eigenvalue weighted by atomic mass is 10.0. The molecule has 2 aromatic carbocycles. The molecule has 0 bridgehead atoms. The second-order valence-corrected chi connectivity index (χ2v) is 8.08. The number of nitrogens with one attached hydrogen (secondary N) is 4. The van der Waals surface area contributed by atoms with Crippen molar-refractivity contribution in [3.05, 3.63) is 94.3 Å². The third-order valence-corrected chi connectivity index (χ3v) is 4.91. The number of nitrogens with two attached hydrogens (primary N) is 2. The molecule has 3 aromatic rings. The number of hydrogen-bond acceptors (Lipinski definition) is 5. The first-order valence-corrected chi connectivity index (χ1v) is 11.2. The molecule has 0 saturated heterocycles. The summed E-state index contributed by atoms with van der Waals surface area (Å²) in [6.45, 7) is 0.345. The molecule has 0 saturated carbocycles. The maximum Gasteiger partial charge on any atom is 0.490 e. The first-order chi connectivity index (χ1) is 19.3. The third-order valence-electron chi connectivity index (χ3n) is 4.91. The highest BCUT2D eigenvalue weighted by Gasteiger charge is 2.38. The van der Waals surface area contributed by atoms with E-state index in [1.165, 1.54) is 0 Å². The fourth-order valence-electron chi connectivity index (χ4n) is 2.90. The third kappa shape index (κ3) is 11.8. The number of aromatic amines is 1. The van der Waals surface area contributed by atoms with Crippen LogP contribution in [0, 0.1) is 10.8 Å². The minimum atomic E-state index is -5.08. The molecule has 0 radical (unpaired) electrons. The zero-order valence-corrected chi connectivity index (χ0v) is 21.2. The summed E-state index contributed by atoms with van der Waals surface area (Å²) >= 11 is 0. The van der Waals surface area contributed by atoms with Crippen LogP contribution in [0.5, 0.6) is 0 Å². The van der Waals surface area contributed by atoms with E-state index >= 15 is 0 Å². The van der Waals surface area contributed by atoms with Crippen molar-refractivity contribution in [1.82, 2.24) is 10.3 Å². The van der Waals surface area contributed by atoms with Crippen LogP contribution in [0.1, 0.15) is 38.2 Å². The zero-order valence-electron chi connectivity index (χ0n) is 21.2. The standard InChI is InChI=1S/C21H22N6O.2C2HF3O2/c22-19(23)15-6-4-13(5-7-15)8-17-11-26-12-18(17)21(28)27-10-14-2-1-3-16(9-14)20(24)25;2*3-2(4,5)1(6)7/h1-7,9,11-12,26H,8,10H2,(H3,22,23)(H3,24,25)(H,27,28);2*(H,6,7). The minimum Gasteiger partial charge on any atom is -0.475 e. The van der Waals surface area contributed by atoms with Crippen LogP contribution in [-0.2, 0) is 22.6 Å². The predicted molar refractivity (Wildman–Crippen MR) is 137 cm³/mol. The monoisotopic (exact) mass is 602 g/mol. The molecule has 0 aliphatic carbocycles. The summed E-state index contributed by atoms with van der Waals surface area (Å²) in [5, 5.41) is 32.1. The van der Waals surface area contributed by atoms with Crippen LogP contribution in [0.4, 0.5) is 26.3 Å². The molecule has 17 heteroatoms. The number of carbonyl (C=O) groups is 3. The van der Waals surface area contributed by atoms with Gasteiger partial charge in [-0.1, -0.05) is 42.5 Å². The largest absolute Gasteiger partial charge is 0.490 e. The molecule has 1 heterocycles. The van der Waals surface area contributed by atoms with E-state index < -0.39 is 24.3 Å². The molecule has 10 N–H and O–H groups in total. The summed E-state index contributed by atoms with van der Waals surface area (Å²) < 4.78 is 63.5. The first kappa shape index (κ1) is 34.7. The van der Waals surface area contributed by atoms with Gasteiger partial charge in [-0.3, -0.25) is 15.6 Å². The number of hydrogen-bond donors (Lipinski definition) is 8. The maximum atomic E-state index is 12.6. The highest BCUT2D eigenvalue weighted by Crippen LogP contribution is 2.16. The van der Waals surface area contributed by atoms with Gasteiger partial charge >= 0.3 is 24.3 Å². The summed E-state index contributed by atoms with van der Waals surface area (Å²) in [4.78, 5) is 33.4. The van der Waals surface area contributed by atoms with Gasteiger partial charge in [0, 0.05) is 30.1 Å². The lowest BCUT2D eigenvalue weighted by molar-refractivity contribution is -0.193. The van der Waals surface area contributed by atoms with Crippen molar-refractivity contribution < 1.29 is 50.9 Å².